The smallest absolute Gasteiger partial charge is 0.239 e. The zero-order chi connectivity index (χ0) is 24.5. The van der Waals surface area contributed by atoms with Crippen LogP contribution in [0.3, 0.4) is 0 Å². The summed E-state index contributed by atoms with van der Waals surface area (Å²) in [5.41, 5.74) is 1.73. The zero-order valence-electron chi connectivity index (χ0n) is 19.2. The number of carbonyl (C=O) groups excluding carboxylic acids is 2. The molecule has 34 heavy (non-hydrogen) atoms. The molecular formula is C24H29N3O6S. The second-order valence-electron chi connectivity index (χ2n) is 8.81. The molecule has 0 radical (unpaired) electrons. The number of benzene rings is 2. The number of methoxy groups -OCH3 is 1. The third-order valence-electron chi connectivity index (χ3n) is 6.35. The van der Waals surface area contributed by atoms with Crippen molar-refractivity contribution in [3.05, 3.63) is 53.6 Å². The second kappa shape index (κ2) is 9.73. The van der Waals surface area contributed by atoms with Crippen LogP contribution in [0.4, 0.5) is 5.69 Å². The number of aliphatic hydroxyl groups excluding tert-OH is 1. The summed E-state index contributed by atoms with van der Waals surface area (Å²) >= 11 is 0. The number of rotatable bonds is 7. The topological polar surface area (TPSA) is 116 Å². The number of carbonyl (C=O) groups is 2. The van der Waals surface area contributed by atoms with Crippen LogP contribution >= 0.6 is 0 Å². The van der Waals surface area contributed by atoms with Crippen molar-refractivity contribution < 1.29 is 27.9 Å². The summed E-state index contributed by atoms with van der Waals surface area (Å²) in [6, 6.07) is 11.9. The average molecular weight is 488 g/mol. The molecule has 0 unspecified atom stereocenters. The Hall–Kier alpha value is -2.95. The van der Waals surface area contributed by atoms with Gasteiger partial charge in [-0.15, -0.1) is 0 Å². The number of hydrogen-bond acceptors (Lipinski definition) is 7. The van der Waals surface area contributed by atoms with Gasteiger partial charge in [-0.1, -0.05) is 18.2 Å². The molecule has 2 aliphatic rings. The third kappa shape index (κ3) is 5.24. The monoisotopic (exact) mass is 487 g/mol. The van der Waals surface area contributed by atoms with E-state index in [1.54, 1.807) is 31.2 Å². The van der Waals surface area contributed by atoms with Crippen LogP contribution in [-0.2, 0) is 25.8 Å². The van der Waals surface area contributed by atoms with Crippen LogP contribution in [0.15, 0.2) is 47.4 Å². The minimum absolute atomic E-state index is 0.0444. The molecule has 1 fully saturated rings. The summed E-state index contributed by atoms with van der Waals surface area (Å²) in [4.78, 5) is 29.0. The second-order valence-corrected chi connectivity index (χ2v) is 10.8. The fraction of sp³-hybridized carbons (Fsp3) is 0.417. The number of amides is 2. The summed E-state index contributed by atoms with van der Waals surface area (Å²) in [6.45, 7) is 1.87. The average Bonchev–Trinajstić information content (AvgIpc) is 3.20. The first-order valence-electron chi connectivity index (χ1n) is 11.1. The third-order valence-corrected chi connectivity index (χ3v) is 8.02. The van der Waals surface area contributed by atoms with Gasteiger partial charge in [-0.25, -0.2) is 8.42 Å². The van der Waals surface area contributed by atoms with Crippen LogP contribution in [0.5, 0.6) is 5.75 Å². The highest BCUT2D eigenvalue weighted by Crippen LogP contribution is 2.29. The largest absolute Gasteiger partial charge is 0.497 e. The maximum absolute atomic E-state index is 13.3. The zero-order valence-corrected chi connectivity index (χ0v) is 20.0. The molecule has 182 valence electrons. The lowest BCUT2D eigenvalue weighted by molar-refractivity contribution is -0.131. The van der Waals surface area contributed by atoms with Crippen molar-refractivity contribution in [2.45, 2.75) is 29.9 Å². The van der Waals surface area contributed by atoms with E-state index in [1.807, 2.05) is 24.3 Å². The molecular weight excluding hydrogens is 458 g/mol. The molecule has 2 N–H and O–H groups in total. The Labute approximate surface area is 199 Å². The summed E-state index contributed by atoms with van der Waals surface area (Å²) in [6.07, 6.45) is 0.378. The molecule has 10 heteroatoms. The first kappa shape index (κ1) is 24.2. The van der Waals surface area contributed by atoms with Crippen LogP contribution in [0.1, 0.15) is 23.6 Å². The van der Waals surface area contributed by atoms with Gasteiger partial charge in [0.1, 0.15) is 11.5 Å². The first-order chi connectivity index (χ1) is 16.2. The Morgan fingerprint density at radius 1 is 1.29 bits per heavy atom. The van der Waals surface area contributed by atoms with Gasteiger partial charge >= 0.3 is 0 Å². The first-order valence-corrected chi connectivity index (χ1v) is 12.8. The van der Waals surface area contributed by atoms with Gasteiger partial charge in [-0.05, 0) is 41.8 Å². The number of hydrogen-bond donors (Lipinski definition) is 2. The number of likely N-dealkylation sites (tertiary alicyclic amines) is 1. The fourth-order valence-electron chi connectivity index (χ4n) is 4.49. The number of nitrogens with one attached hydrogen (secondary N) is 1. The molecule has 0 aromatic heterocycles. The van der Waals surface area contributed by atoms with Crippen LogP contribution in [-0.4, -0.2) is 80.8 Å². The van der Waals surface area contributed by atoms with Gasteiger partial charge < -0.3 is 20.1 Å². The van der Waals surface area contributed by atoms with Crippen molar-refractivity contribution >= 4 is 27.3 Å². The summed E-state index contributed by atoms with van der Waals surface area (Å²) in [5, 5.41) is 12.5. The molecule has 2 aromatic rings. The number of nitrogens with zero attached hydrogens (tertiary/aromatic N) is 2. The highest BCUT2D eigenvalue weighted by Gasteiger charge is 2.30. The number of β-amino-alcohol motifs (C(OH)–C–C–N with tert-alkyl or cyclic N) is 1. The SMILES string of the molecule is COc1cccc([C@@H](CN2CC[C@H](O)C2)N(C)C(=O)Cc2ccc3c(c2)NC(=O)CS3(=O)=O)c1. The molecule has 4 rings (SSSR count). The molecule has 0 spiro atoms. The van der Waals surface area contributed by atoms with E-state index in [9.17, 15) is 23.1 Å². The van der Waals surface area contributed by atoms with Gasteiger partial charge in [-0.2, -0.15) is 0 Å². The molecule has 2 aliphatic heterocycles. The number of anilines is 1. The van der Waals surface area contributed by atoms with E-state index in [0.717, 1.165) is 12.1 Å². The summed E-state index contributed by atoms with van der Waals surface area (Å²) < 4.78 is 29.9. The van der Waals surface area contributed by atoms with E-state index in [4.69, 9.17) is 4.74 Å². The standard InChI is InChI=1S/C24H29N3O6S/c1-26(21(14-27-9-8-18(28)13-27)17-4-3-5-19(12-17)33-2)24(30)11-16-6-7-22-20(10-16)25-23(29)15-34(22,31)32/h3-7,10,12,18,21,28H,8-9,11,13-15H2,1-2H3,(H,25,29)/t18-,21+/m0/s1. The molecule has 0 bridgehead atoms. The van der Waals surface area contributed by atoms with Gasteiger partial charge in [0.15, 0.2) is 9.84 Å². The molecule has 2 heterocycles. The minimum Gasteiger partial charge on any atom is -0.497 e. The van der Waals surface area contributed by atoms with E-state index in [1.165, 1.54) is 6.07 Å². The van der Waals surface area contributed by atoms with E-state index < -0.39 is 21.5 Å². The van der Waals surface area contributed by atoms with Crippen LogP contribution in [0, 0.1) is 0 Å². The molecule has 2 amide bonds. The molecule has 9 nitrogen and oxygen atoms in total. The summed E-state index contributed by atoms with van der Waals surface area (Å²) in [7, 11) is -0.340. The van der Waals surface area contributed by atoms with Crippen LogP contribution in [0.25, 0.3) is 0 Å². The number of aliphatic hydroxyl groups is 1. The maximum atomic E-state index is 13.3. The number of fused-ring (bicyclic) bond motifs is 1. The number of ether oxygens (including phenoxy) is 1. The minimum atomic E-state index is -3.67. The Morgan fingerprint density at radius 2 is 2.09 bits per heavy atom. The Morgan fingerprint density at radius 3 is 2.79 bits per heavy atom. The fourth-order valence-corrected chi connectivity index (χ4v) is 5.78. The highest BCUT2D eigenvalue weighted by atomic mass is 32.2. The van der Waals surface area contributed by atoms with Crippen molar-refractivity contribution in [3.8, 4) is 5.75 Å². The lowest BCUT2D eigenvalue weighted by Crippen LogP contribution is -2.39. The van der Waals surface area contributed by atoms with E-state index in [2.05, 4.69) is 10.2 Å². The Kier molecular flexibility index (Phi) is 6.92. The quantitative estimate of drug-likeness (QED) is 0.603. The van der Waals surface area contributed by atoms with Gasteiger partial charge in [0, 0.05) is 26.7 Å². The number of likely N-dealkylation sites (N-methyl/N-ethyl adjacent to an activating group) is 1. The molecule has 1 saturated heterocycles. The van der Waals surface area contributed by atoms with Gasteiger partial charge in [0.2, 0.25) is 11.8 Å². The normalized spacial score (nSPS) is 20.3. The Balaban J connectivity index is 1.56. The van der Waals surface area contributed by atoms with Crippen molar-refractivity contribution in [1.82, 2.24) is 9.80 Å². The van der Waals surface area contributed by atoms with Gasteiger partial charge in [0.05, 0.1) is 36.3 Å². The lowest BCUT2D eigenvalue weighted by atomic mass is 10.0. The van der Waals surface area contributed by atoms with Crippen LogP contribution in [0.2, 0.25) is 0 Å². The van der Waals surface area contributed by atoms with Crippen molar-refractivity contribution in [3.63, 3.8) is 0 Å². The summed E-state index contributed by atoms with van der Waals surface area (Å²) in [5.74, 6) is -0.623. The predicted molar refractivity (Wildman–Crippen MR) is 126 cm³/mol. The molecule has 2 aromatic carbocycles. The lowest BCUT2D eigenvalue weighted by Gasteiger charge is -2.32. The molecule has 0 aliphatic carbocycles. The van der Waals surface area contributed by atoms with E-state index in [-0.39, 0.29) is 35.1 Å². The van der Waals surface area contributed by atoms with Crippen molar-refractivity contribution in [2.24, 2.45) is 0 Å². The number of sulfone groups is 1. The molecule has 2 atom stereocenters. The van der Waals surface area contributed by atoms with Crippen molar-refractivity contribution in [1.29, 1.82) is 0 Å². The van der Waals surface area contributed by atoms with Crippen molar-refractivity contribution in [2.75, 3.05) is 44.9 Å². The maximum Gasteiger partial charge on any atom is 0.239 e. The van der Waals surface area contributed by atoms with Crippen LogP contribution < -0.4 is 10.1 Å². The Bertz CT molecular complexity index is 1200. The van der Waals surface area contributed by atoms with Gasteiger partial charge in [-0.3, -0.25) is 14.5 Å². The van der Waals surface area contributed by atoms with Gasteiger partial charge in [0.25, 0.3) is 0 Å². The van der Waals surface area contributed by atoms with E-state index >= 15 is 0 Å². The van der Waals surface area contributed by atoms with E-state index in [0.29, 0.717) is 30.8 Å². The highest BCUT2D eigenvalue weighted by molar-refractivity contribution is 7.92. The molecule has 0 saturated carbocycles. The predicted octanol–water partition coefficient (Wildman–Crippen LogP) is 1.23.